The molecule has 1 heterocycles. The number of likely N-dealkylation sites (N-methyl/N-ethyl adjacent to an activating group) is 1. The number of nitrogens with one attached hydrogen (secondary N) is 3. The molecule has 1 aliphatic heterocycles. The number of amides is 1. The van der Waals surface area contributed by atoms with Crippen LogP contribution >= 0.6 is 0 Å². The third-order valence-corrected chi connectivity index (χ3v) is 5.68. The standard InChI is InChI=1S/C20H39N5O/c1-3-22-20(23-13-7-6-10-17-8-4-5-9-17)24-18-11-14-25(15-12-18)16-19(26)21-2/h17-18H,3-16H2,1-2H3,(H,21,26)(H2,22,23,24). The predicted octanol–water partition coefficient (Wildman–Crippen LogP) is 2.11. The number of likely N-dealkylation sites (tertiary alicyclic amines) is 1. The molecule has 1 aliphatic carbocycles. The molecule has 0 bridgehead atoms. The highest BCUT2D eigenvalue weighted by Crippen LogP contribution is 2.28. The molecule has 0 aromatic rings. The average Bonchev–Trinajstić information content (AvgIpc) is 3.16. The Bertz CT molecular complexity index is 426. The van der Waals surface area contributed by atoms with Crippen molar-refractivity contribution in [3.63, 3.8) is 0 Å². The smallest absolute Gasteiger partial charge is 0.233 e. The minimum atomic E-state index is 0.101. The van der Waals surface area contributed by atoms with E-state index < -0.39 is 0 Å². The maximum Gasteiger partial charge on any atom is 0.233 e. The summed E-state index contributed by atoms with van der Waals surface area (Å²) in [7, 11) is 1.70. The molecule has 6 heteroatoms. The van der Waals surface area contributed by atoms with E-state index in [-0.39, 0.29) is 5.91 Å². The quantitative estimate of drug-likeness (QED) is 0.333. The van der Waals surface area contributed by atoms with Gasteiger partial charge in [-0.25, -0.2) is 0 Å². The van der Waals surface area contributed by atoms with Crippen LogP contribution in [0.25, 0.3) is 0 Å². The van der Waals surface area contributed by atoms with E-state index in [1.807, 2.05) is 0 Å². The molecular weight excluding hydrogens is 326 g/mol. The lowest BCUT2D eigenvalue weighted by Crippen LogP contribution is -2.50. The Labute approximate surface area is 159 Å². The van der Waals surface area contributed by atoms with E-state index in [0.29, 0.717) is 12.6 Å². The van der Waals surface area contributed by atoms with E-state index in [1.54, 1.807) is 7.05 Å². The molecule has 3 N–H and O–H groups in total. The number of hydrogen-bond acceptors (Lipinski definition) is 3. The zero-order valence-corrected chi connectivity index (χ0v) is 16.9. The molecule has 2 aliphatic rings. The molecule has 6 nitrogen and oxygen atoms in total. The first kappa shape index (κ1) is 21.0. The number of nitrogens with zero attached hydrogens (tertiary/aromatic N) is 2. The second-order valence-electron chi connectivity index (χ2n) is 7.77. The van der Waals surface area contributed by atoms with Crippen molar-refractivity contribution in [1.82, 2.24) is 20.9 Å². The van der Waals surface area contributed by atoms with Gasteiger partial charge in [0.15, 0.2) is 5.96 Å². The SMILES string of the molecule is CCNC(=NCCCCC1CCCC1)NC1CCN(CC(=O)NC)CC1. The Kier molecular flexibility index (Phi) is 9.82. The van der Waals surface area contributed by atoms with Gasteiger partial charge in [0.25, 0.3) is 0 Å². The molecule has 0 spiro atoms. The molecule has 1 saturated heterocycles. The summed E-state index contributed by atoms with van der Waals surface area (Å²) in [5, 5.41) is 9.66. The second-order valence-corrected chi connectivity index (χ2v) is 7.77. The zero-order valence-electron chi connectivity index (χ0n) is 16.9. The fraction of sp³-hybridized carbons (Fsp3) is 0.900. The molecule has 0 radical (unpaired) electrons. The average molecular weight is 366 g/mol. The van der Waals surface area contributed by atoms with Gasteiger partial charge in [0.1, 0.15) is 0 Å². The van der Waals surface area contributed by atoms with Crippen LogP contribution in [-0.4, -0.2) is 62.6 Å². The summed E-state index contributed by atoms with van der Waals surface area (Å²) in [6.07, 6.45) is 11.8. The summed E-state index contributed by atoms with van der Waals surface area (Å²) in [6, 6.07) is 0.451. The van der Waals surface area contributed by atoms with Crippen LogP contribution in [-0.2, 0) is 4.79 Å². The Morgan fingerprint density at radius 2 is 1.85 bits per heavy atom. The molecule has 26 heavy (non-hydrogen) atoms. The number of rotatable bonds is 9. The van der Waals surface area contributed by atoms with Crippen LogP contribution in [0.2, 0.25) is 0 Å². The molecule has 1 saturated carbocycles. The number of carbonyl (C=O) groups is 1. The molecule has 0 aromatic carbocycles. The lowest BCUT2D eigenvalue weighted by Gasteiger charge is -2.32. The van der Waals surface area contributed by atoms with E-state index in [2.05, 4.69) is 27.8 Å². The van der Waals surface area contributed by atoms with Gasteiger partial charge in [-0.2, -0.15) is 0 Å². The Balaban J connectivity index is 1.64. The number of hydrogen-bond donors (Lipinski definition) is 3. The predicted molar refractivity (Wildman–Crippen MR) is 108 cm³/mol. The first-order valence-corrected chi connectivity index (χ1v) is 10.7. The molecule has 1 amide bonds. The summed E-state index contributed by atoms with van der Waals surface area (Å²) in [6.45, 7) is 6.36. The molecule has 0 atom stereocenters. The molecule has 2 fully saturated rings. The number of aliphatic imine (C=N–C) groups is 1. The van der Waals surface area contributed by atoms with Crippen molar-refractivity contribution in [2.75, 3.05) is 39.8 Å². The van der Waals surface area contributed by atoms with Crippen LogP contribution in [0, 0.1) is 5.92 Å². The number of guanidine groups is 1. The van der Waals surface area contributed by atoms with Gasteiger partial charge < -0.3 is 16.0 Å². The van der Waals surface area contributed by atoms with Gasteiger partial charge in [-0.05, 0) is 32.1 Å². The second kappa shape index (κ2) is 12.2. The Morgan fingerprint density at radius 1 is 1.12 bits per heavy atom. The van der Waals surface area contributed by atoms with Crippen molar-refractivity contribution in [1.29, 1.82) is 0 Å². The lowest BCUT2D eigenvalue weighted by atomic mass is 10.0. The van der Waals surface area contributed by atoms with Crippen molar-refractivity contribution in [2.45, 2.75) is 70.8 Å². The first-order chi connectivity index (χ1) is 12.7. The van der Waals surface area contributed by atoms with Crippen molar-refractivity contribution in [2.24, 2.45) is 10.9 Å². The molecule has 150 valence electrons. The monoisotopic (exact) mass is 365 g/mol. The maximum absolute atomic E-state index is 11.5. The normalized spacial score (nSPS) is 20.3. The van der Waals surface area contributed by atoms with Crippen LogP contribution in [0.4, 0.5) is 0 Å². The van der Waals surface area contributed by atoms with Gasteiger partial charge in [-0.15, -0.1) is 0 Å². The molecule has 0 aromatic heterocycles. The van der Waals surface area contributed by atoms with Gasteiger partial charge in [-0.3, -0.25) is 14.7 Å². The van der Waals surface area contributed by atoms with Gasteiger partial charge in [-0.1, -0.05) is 38.5 Å². The van der Waals surface area contributed by atoms with Gasteiger partial charge in [0, 0.05) is 39.3 Å². The largest absolute Gasteiger partial charge is 0.358 e. The topological polar surface area (TPSA) is 68.8 Å². The first-order valence-electron chi connectivity index (χ1n) is 10.7. The zero-order chi connectivity index (χ0) is 18.6. The van der Waals surface area contributed by atoms with Crippen LogP contribution in [0.3, 0.4) is 0 Å². The van der Waals surface area contributed by atoms with Gasteiger partial charge >= 0.3 is 0 Å². The van der Waals surface area contributed by atoms with E-state index >= 15 is 0 Å². The van der Waals surface area contributed by atoms with Gasteiger partial charge in [0.05, 0.1) is 6.54 Å². The summed E-state index contributed by atoms with van der Waals surface area (Å²) < 4.78 is 0. The number of carbonyl (C=O) groups excluding carboxylic acids is 1. The Hall–Kier alpha value is -1.30. The van der Waals surface area contributed by atoms with Crippen LogP contribution in [0.1, 0.15) is 64.7 Å². The van der Waals surface area contributed by atoms with E-state index in [0.717, 1.165) is 50.9 Å². The van der Waals surface area contributed by atoms with Crippen molar-refractivity contribution >= 4 is 11.9 Å². The van der Waals surface area contributed by atoms with Crippen LogP contribution < -0.4 is 16.0 Å². The van der Waals surface area contributed by atoms with Gasteiger partial charge in [0.2, 0.25) is 5.91 Å². The number of unbranched alkanes of at least 4 members (excludes halogenated alkanes) is 1. The lowest BCUT2D eigenvalue weighted by molar-refractivity contribution is -0.122. The summed E-state index contributed by atoms with van der Waals surface area (Å²) in [5.41, 5.74) is 0. The highest BCUT2D eigenvalue weighted by molar-refractivity contribution is 5.80. The van der Waals surface area contributed by atoms with Crippen molar-refractivity contribution < 1.29 is 4.79 Å². The summed E-state index contributed by atoms with van der Waals surface area (Å²) >= 11 is 0. The highest BCUT2D eigenvalue weighted by atomic mass is 16.1. The molecule has 2 rings (SSSR count). The van der Waals surface area contributed by atoms with Crippen LogP contribution in [0.15, 0.2) is 4.99 Å². The Morgan fingerprint density at radius 3 is 2.50 bits per heavy atom. The van der Waals surface area contributed by atoms with E-state index in [1.165, 1.54) is 44.9 Å². The molecular formula is C20H39N5O. The van der Waals surface area contributed by atoms with Crippen molar-refractivity contribution in [3.8, 4) is 0 Å². The van der Waals surface area contributed by atoms with Crippen molar-refractivity contribution in [3.05, 3.63) is 0 Å². The van der Waals surface area contributed by atoms with E-state index in [4.69, 9.17) is 4.99 Å². The third kappa shape index (κ3) is 7.94. The van der Waals surface area contributed by atoms with E-state index in [9.17, 15) is 4.79 Å². The summed E-state index contributed by atoms with van der Waals surface area (Å²) in [5.74, 6) is 2.05. The highest BCUT2D eigenvalue weighted by Gasteiger charge is 2.21. The minimum absolute atomic E-state index is 0.101. The number of piperidine rings is 1. The fourth-order valence-electron chi connectivity index (χ4n) is 4.07. The third-order valence-electron chi connectivity index (χ3n) is 5.68. The minimum Gasteiger partial charge on any atom is -0.358 e. The summed E-state index contributed by atoms with van der Waals surface area (Å²) in [4.78, 5) is 18.5. The molecule has 0 unspecified atom stereocenters. The van der Waals surface area contributed by atoms with Crippen LogP contribution in [0.5, 0.6) is 0 Å². The fourth-order valence-corrected chi connectivity index (χ4v) is 4.07. The maximum atomic E-state index is 11.5.